The lowest BCUT2D eigenvalue weighted by molar-refractivity contribution is 0.0763. The molecule has 3 rings (SSSR count). The fraction of sp³-hybridized carbons (Fsp3) is 0.647. The summed E-state index contributed by atoms with van der Waals surface area (Å²) in [4.78, 5) is 31.4. The zero-order valence-corrected chi connectivity index (χ0v) is 15.0. The molecule has 7 heteroatoms. The molecule has 1 aromatic heterocycles. The first-order valence-electron chi connectivity index (χ1n) is 8.67. The van der Waals surface area contributed by atoms with Gasteiger partial charge in [-0.05, 0) is 31.2 Å². The lowest BCUT2D eigenvalue weighted by atomic mass is 10.2. The highest BCUT2D eigenvalue weighted by Crippen LogP contribution is 2.20. The predicted molar refractivity (Wildman–Crippen MR) is 93.4 cm³/mol. The summed E-state index contributed by atoms with van der Waals surface area (Å²) >= 11 is 1.50. The maximum atomic E-state index is 12.5. The summed E-state index contributed by atoms with van der Waals surface area (Å²) in [5, 5.41) is 1.94. The van der Waals surface area contributed by atoms with Crippen molar-refractivity contribution in [3.8, 4) is 0 Å². The van der Waals surface area contributed by atoms with Crippen molar-refractivity contribution in [2.75, 3.05) is 45.9 Å². The van der Waals surface area contributed by atoms with Gasteiger partial charge in [-0.3, -0.25) is 9.69 Å². The van der Waals surface area contributed by atoms with E-state index in [1.54, 1.807) is 4.90 Å². The third-order valence-corrected chi connectivity index (χ3v) is 5.61. The summed E-state index contributed by atoms with van der Waals surface area (Å²) in [5.41, 5.74) is 0. The van der Waals surface area contributed by atoms with Crippen molar-refractivity contribution in [2.24, 2.45) is 0 Å². The summed E-state index contributed by atoms with van der Waals surface area (Å²) in [6, 6.07) is 4.19. The summed E-state index contributed by atoms with van der Waals surface area (Å²) in [5.74, 6) is 0.145. The van der Waals surface area contributed by atoms with E-state index in [9.17, 15) is 9.59 Å². The molecule has 2 fully saturated rings. The van der Waals surface area contributed by atoms with E-state index in [2.05, 4.69) is 4.90 Å². The number of thiophene rings is 1. The minimum absolute atomic E-state index is 0.145. The van der Waals surface area contributed by atoms with Crippen molar-refractivity contribution in [1.29, 1.82) is 0 Å². The van der Waals surface area contributed by atoms with E-state index in [-0.39, 0.29) is 12.0 Å². The Morgan fingerprint density at radius 1 is 1.21 bits per heavy atom. The van der Waals surface area contributed by atoms with Crippen LogP contribution in [0.2, 0.25) is 0 Å². The van der Waals surface area contributed by atoms with Crippen LogP contribution in [0.15, 0.2) is 17.5 Å². The van der Waals surface area contributed by atoms with E-state index in [1.165, 1.54) is 11.3 Å². The van der Waals surface area contributed by atoms with Crippen molar-refractivity contribution >= 4 is 23.3 Å². The first-order chi connectivity index (χ1) is 11.7. The second kappa shape index (κ2) is 7.98. The molecule has 0 bridgehead atoms. The quantitative estimate of drug-likeness (QED) is 0.837. The van der Waals surface area contributed by atoms with Crippen LogP contribution in [0.5, 0.6) is 0 Å². The Morgan fingerprint density at radius 2 is 2.08 bits per heavy atom. The van der Waals surface area contributed by atoms with Gasteiger partial charge in [0.2, 0.25) is 0 Å². The predicted octanol–water partition coefficient (Wildman–Crippen LogP) is 2.13. The summed E-state index contributed by atoms with van der Waals surface area (Å²) < 4.78 is 5.09. The number of hydrogen-bond acceptors (Lipinski definition) is 5. The highest BCUT2D eigenvalue weighted by molar-refractivity contribution is 7.12. The zero-order chi connectivity index (χ0) is 16.9. The monoisotopic (exact) mass is 351 g/mol. The number of rotatable bonds is 3. The molecule has 3 heterocycles. The number of hydrogen-bond donors (Lipinski definition) is 0. The normalized spacial score (nSPS) is 22.5. The summed E-state index contributed by atoms with van der Waals surface area (Å²) in [6.45, 7) is 7.17. The molecule has 6 nitrogen and oxygen atoms in total. The van der Waals surface area contributed by atoms with Gasteiger partial charge in [0.1, 0.15) is 0 Å². The molecule has 0 radical (unpaired) electrons. The largest absolute Gasteiger partial charge is 0.450 e. The van der Waals surface area contributed by atoms with Crippen LogP contribution < -0.4 is 0 Å². The number of carbonyl (C=O) groups is 2. The minimum Gasteiger partial charge on any atom is -0.450 e. The molecule has 132 valence electrons. The van der Waals surface area contributed by atoms with Crippen LogP contribution in [0, 0.1) is 0 Å². The molecular weight excluding hydrogens is 326 g/mol. The van der Waals surface area contributed by atoms with Crippen LogP contribution in [0.4, 0.5) is 4.79 Å². The molecule has 2 amide bonds. The minimum atomic E-state index is -0.204. The van der Waals surface area contributed by atoms with Crippen LogP contribution in [0.3, 0.4) is 0 Å². The van der Waals surface area contributed by atoms with Gasteiger partial charge in [0, 0.05) is 45.3 Å². The van der Waals surface area contributed by atoms with Crippen LogP contribution >= 0.6 is 11.3 Å². The van der Waals surface area contributed by atoms with Gasteiger partial charge < -0.3 is 14.5 Å². The lowest BCUT2D eigenvalue weighted by Crippen LogP contribution is -2.41. The fourth-order valence-electron chi connectivity index (χ4n) is 3.48. The van der Waals surface area contributed by atoms with Gasteiger partial charge in [-0.1, -0.05) is 6.07 Å². The van der Waals surface area contributed by atoms with E-state index < -0.39 is 0 Å². The topological polar surface area (TPSA) is 53.1 Å². The Kier molecular flexibility index (Phi) is 5.73. The lowest BCUT2D eigenvalue weighted by Gasteiger charge is -2.27. The number of nitrogens with zero attached hydrogens (tertiary/aromatic N) is 3. The molecule has 2 aliphatic rings. The van der Waals surface area contributed by atoms with E-state index in [0.717, 1.165) is 57.0 Å². The third kappa shape index (κ3) is 3.89. The van der Waals surface area contributed by atoms with Crippen molar-refractivity contribution < 1.29 is 14.3 Å². The Labute approximate surface area is 147 Å². The highest BCUT2D eigenvalue weighted by Gasteiger charge is 2.32. The molecule has 1 unspecified atom stereocenters. The molecule has 1 atom stereocenters. The van der Waals surface area contributed by atoms with E-state index in [4.69, 9.17) is 4.74 Å². The third-order valence-electron chi connectivity index (χ3n) is 4.76. The molecule has 0 N–H and O–H groups in total. The number of ether oxygens (including phenoxy) is 1. The maximum Gasteiger partial charge on any atom is 0.409 e. The van der Waals surface area contributed by atoms with Crippen LogP contribution in [0.1, 0.15) is 29.4 Å². The number of carbonyl (C=O) groups excluding carboxylic acids is 2. The van der Waals surface area contributed by atoms with Gasteiger partial charge in [-0.2, -0.15) is 0 Å². The maximum absolute atomic E-state index is 12.5. The molecule has 1 aromatic rings. The van der Waals surface area contributed by atoms with Crippen molar-refractivity contribution in [3.05, 3.63) is 22.4 Å². The molecule has 24 heavy (non-hydrogen) atoms. The van der Waals surface area contributed by atoms with E-state index in [1.807, 2.05) is 29.3 Å². The zero-order valence-electron chi connectivity index (χ0n) is 14.1. The average molecular weight is 351 g/mol. The number of amides is 2. The highest BCUT2D eigenvalue weighted by atomic mass is 32.1. The second-order valence-corrected chi connectivity index (χ2v) is 7.19. The Morgan fingerprint density at radius 3 is 2.83 bits per heavy atom. The Balaban J connectivity index is 1.53. The van der Waals surface area contributed by atoms with Crippen LogP contribution in [-0.2, 0) is 4.74 Å². The SMILES string of the molecule is CCOC(=O)N1CCC(N2CCCN(C(=O)c3cccs3)CC2)C1. The first kappa shape index (κ1) is 17.2. The van der Waals surface area contributed by atoms with E-state index in [0.29, 0.717) is 12.6 Å². The summed E-state index contributed by atoms with van der Waals surface area (Å²) in [7, 11) is 0. The van der Waals surface area contributed by atoms with Crippen LogP contribution in [0.25, 0.3) is 0 Å². The van der Waals surface area contributed by atoms with Crippen molar-refractivity contribution in [2.45, 2.75) is 25.8 Å². The van der Waals surface area contributed by atoms with Gasteiger partial charge in [0.25, 0.3) is 5.91 Å². The van der Waals surface area contributed by atoms with Gasteiger partial charge in [-0.25, -0.2) is 4.79 Å². The Hall–Kier alpha value is -1.60. The fourth-order valence-corrected chi connectivity index (χ4v) is 4.17. The van der Waals surface area contributed by atoms with Gasteiger partial charge in [0.15, 0.2) is 0 Å². The average Bonchev–Trinajstić information content (AvgIpc) is 3.22. The van der Waals surface area contributed by atoms with Crippen molar-refractivity contribution in [1.82, 2.24) is 14.7 Å². The van der Waals surface area contributed by atoms with Crippen molar-refractivity contribution in [3.63, 3.8) is 0 Å². The molecule has 2 aliphatic heterocycles. The molecule has 0 aromatic carbocycles. The number of likely N-dealkylation sites (tertiary alicyclic amines) is 1. The van der Waals surface area contributed by atoms with Gasteiger partial charge in [-0.15, -0.1) is 11.3 Å². The molecule has 0 aliphatic carbocycles. The summed E-state index contributed by atoms with van der Waals surface area (Å²) in [6.07, 6.45) is 1.76. The molecule has 0 saturated carbocycles. The standard InChI is InChI=1S/C17H25N3O3S/c1-2-23-17(22)20-9-6-14(13-20)18-7-4-8-19(11-10-18)16(21)15-5-3-12-24-15/h3,5,12,14H,2,4,6-11,13H2,1H3. The Bertz CT molecular complexity index is 563. The molecule has 0 spiro atoms. The first-order valence-corrected chi connectivity index (χ1v) is 9.55. The van der Waals surface area contributed by atoms with Gasteiger partial charge in [0.05, 0.1) is 11.5 Å². The van der Waals surface area contributed by atoms with Crippen LogP contribution in [-0.4, -0.2) is 78.6 Å². The second-order valence-electron chi connectivity index (χ2n) is 6.25. The molecule has 2 saturated heterocycles. The smallest absolute Gasteiger partial charge is 0.409 e. The van der Waals surface area contributed by atoms with E-state index >= 15 is 0 Å². The molecular formula is C17H25N3O3S. The van der Waals surface area contributed by atoms with Gasteiger partial charge >= 0.3 is 6.09 Å².